The molecule has 108 valence electrons. The lowest BCUT2D eigenvalue weighted by Crippen LogP contribution is -2.12. The van der Waals surface area contributed by atoms with E-state index in [-0.39, 0.29) is 16.9 Å². The van der Waals surface area contributed by atoms with Crippen LogP contribution in [0.25, 0.3) is 0 Å². The first kappa shape index (κ1) is 15.5. The number of benzene rings is 2. The van der Waals surface area contributed by atoms with E-state index in [1.54, 1.807) is 12.1 Å². The summed E-state index contributed by atoms with van der Waals surface area (Å²) in [6.07, 6.45) is 0. The molecule has 3 N–H and O–H groups in total. The Balaban J connectivity index is 2.31. The van der Waals surface area contributed by atoms with E-state index in [1.807, 2.05) is 0 Å². The number of carbonyl (C=O) groups is 2. The molecule has 0 aliphatic carbocycles. The summed E-state index contributed by atoms with van der Waals surface area (Å²) in [4.78, 5) is 23.1. The predicted octanol–water partition coefficient (Wildman–Crippen LogP) is 3.87. The summed E-state index contributed by atoms with van der Waals surface area (Å²) in [5, 5.41) is 21.2. The van der Waals surface area contributed by atoms with Gasteiger partial charge in [0.05, 0.1) is 11.1 Å². The third-order valence-electron chi connectivity index (χ3n) is 2.61. The molecule has 0 radical (unpaired) electrons. The average Bonchev–Trinajstić information content (AvgIpc) is 2.40. The third kappa shape index (κ3) is 3.83. The SMILES string of the molecule is O=C(O)c1cc(Br)cc(NC(=O)c2cc(Br)ccc2O)c1. The molecule has 2 aromatic rings. The van der Waals surface area contributed by atoms with Crippen LogP contribution in [-0.2, 0) is 0 Å². The fourth-order valence-corrected chi connectivity index (χ4v) is 2.53. The van der Waals surface area contributed by atoms with Gasteiger partial charge < -0.3 is 15.5 Å². The highest BCUT2D eigenvalue weighted by molar-refractivity contribution is 9.10. The number of aromatic hydroxyl groups is 1. The highest BCUT2D eigenvalue weighted by Crippen LogP contribution is 2.24. The Morgan fingerprint density at radius 2 is 1.71 bits per heavy atom. The molecular weight excluding hydrogens is 406 g/mol. The van der Waals surface area contributed by atoms with Crippen molar-refractivity contribution in [2.45, 2.75) is 0 Å². The molecule has 0 unspecified atom stereocenters. The smallest absolute Gasteiger partial charge is 0.335 e. The van der Waals surface area contributed by atoms with Gasteiger partial charge in [-0.25, -0.2) is 4.79 Å². The Bertz CT molecular complexity index is 731. The number of hydrogen-bond acceptors (Lipinski definition) is 3. The fourth-order valence-electron chi connectivity index (χ4n) is 1.67. The number of hydrogen-bond donors (Lipinski definition) is 3. The second-order valence-corrected chi connectivity index (χ2v) is 5.98. The summed E-state index contributed by atoms with van der Waals surface area (Å²) in [6.45, 7) is 0. The van der Waals surface area contributed by atoms with Gasteiger partial charge in [-0.2, -0.15) is 0 Å². The van der Waals surface area contributed by atoms with Crippen LogP contribution in [0.5, 0.6) is 5.75 Å². The molecule has 21 heavy (non-hydrogen) atoms. The maximum atomic E-state index is 12.1. The largest absolute Gasteiger partial charge is 0.507 e. The van der Waals surface area contributed by atoms with E-state index >= 15 is 0 Å². The van der Waals surface area contributed by atoms with E-state index in [0.29, 0.717) is 14.6 Å². The zero-order valence-corrected chi connectivity index (χ0v) is 13.6. The molecule has 0 aliphatic rings. The second-order valence-electron chi connectivity index (χ2n) is 4.15. The normalized spacial score (nSPS) is 10.2. The van der Waals surface area contributed by atoms with Crippen LogP contribution in [0.3, 0.4) is 0 Å². The van der Waals surface area contributed by atoms with Crippen molar-refractivity contribution in [3.63, 3.8) is 0 Å². The van der Waals surface area contributed by atoms with E-state index in [9.17, 15) is 14.7 Å². The Morgan fingerprint density at radius 3 is 2.38 bits per heavy atom. The summed E-state index contributed by atoms with van der Waals surface area (Å²) in [5.74, 6) is -1.80. The Morgan fingerprint density at radius 1 is 1.00 bits per heavy atom. The van der Waals surface area contributed by atoms with Gasteiger partial charge in [0, 0.05) is 14.6 Å². The number of carbonyl (C=O) groups excluding carboxylic acids is 1. The summed E-state index contributed by atoms with van der Waals surface area (Å²) in [7, 11) is 0. The average molecular weight is 415 g/mol. The van der Waals surface area contributed by atoms with Crippen LogP contribution in [0.2, 0.25) is 0 Å². The number of carboxylic acids is 1. The molecule has 0 fully saturated rings. The number of phenolic OH excluding ortho intramolecular Hbond substituents is 1. The van der Waals surface area contributed by atoms with E-state index in [0.717, 1.165) is 0 Å². The molecule has 0 saturated heterocycles. The van der Waals surface area contributed by atoms with Crippen molar-refractivity contribution < 1.29 is 19.8 Å². The predicted molar refractivity (Wildman–Crippen MR) is 84.9 cm³/mol. The second kappa shape index (κ2) is 6.28. The zero-order valence-electron chi connectivity index (χ0n) is 10.4. The number of halogens is 2. The van der Waals surface area contributed by atoms with Crippen molar-refractivity contribution >= 4 is 49.4 Å². The first-order valence-corrected chi connectivity index (χ1v) is 7.29. The van der Waals surface area contributed by atoms with Crippen LogP contribution < -0.4 is 5.32 Å². The quantitative estimate of drug-likeness (QED) is 0.711. The van der Waals surface area contributed by atoms with E-state index in [4.69, 9.17) is 5.11 Å². The Kier molecular flexibility index (Phi) is 4.64. The van der Waals surface area contributed by atoms with E-state index in [1.165, 1.54) is 24.3 Å². The molecule has 5 nitrogen and oxygen atoms in total. The van der Waals surface area contributed by atoms with Gasteiger partial charge in [-0.3, -0.25) is 4.79 Å². The van der Waals surface area contributed by atoms with Gasteiger partial charge >= 0.3 is 5.97 Å². The molecule has 2 rings (SSSR count). The van der Waals surface area contributed by atoms with Gasteiger partial charge in [0.15, 0.2) is 0 Å². The minimum Gasteiger partial charge on any atom is -0.507 e. The van der Waals surface area contributed by atoms with Gasteiger partial charge in [0.1, 0.15) is 5.75 Å². The fraction of sp³-hybridized carbons (Fsp3) is 0. The van der Waals surface area contributed by atoms with Crippen LogP contribution >= 0.6 is 31.9 Å². The monoisotopic (exact) mass is 413 g/mol. The molecule has 1 amide bonds. The Hall–Kier alpha value is -1.86. The highest BCUT2D eigenvalue weighted by atomic mass is 79.9. The first-order valence-electron chi connectivity index (χ1n) is 5.70. The molecule has 0 aromatic heterocycles. The molecule has 7 heteroatoms. The van der Waals surface area contributed by atoms with Gasteiger partial charge in [-0.1, -0.05) is 31.9 Å². The highest BCUT2D eigenvalue weighted by Gasteiger charge is 2.13. The molecule has 2 aromatic carbocycles. The van der Waals surface area contributed by atoms with Crippen molar-refractivity contribution in [3.8, 4) is 5.75 Å². The van der Waals surface area contributed by atoms with Gasteiger partial charge in [0.2, 0.25) is 0 Å². The number of phenols is 1. The van der Waals surface area contributed by atoms with Crippen molar-refractivity contribution in [2.24, 2.45) is 0 Å². The summed E-state index contributed by atoms with van der Waals surface area (Å²) in [6, 6.07) is 8.80. The molecule has 0 aliphatic heterocycles. The number of rotatable bonds is 3. The van der Waals surface area contributed by atoms with Gasteiger partial charge in [0.25, 0.3) is 5.91 Å². The zero-order chi connectivity index (χ0) is 15.6. The minimum absolute atomic E-state index is 0.0399. The molecule has 0 bridgehead atoms. The van der Waals surface area contributed by atoms with Crippen LogP contribution in [-0.4, -0.2) is 22.1 Å². The summed E-state index contributed by atoms with van der Waals surface area (Å²) >= 11 is 6.40. The van der Waals surface area contributed by atoms with Crippen LogP contribution in [0.1, 0.15) is 20.7 Å². The summed E-state index contributed by atoms with van der Waals surface area (Å²) in [5.41, 5.74) is 0.436. The molecule has 0 saturated carbocycles. The van der Waals surface area contributed by atoms with E-state index < -0.39 is 11.9 Å². The summed E-state index contributed by atoms with van der Waals surface area (Å²) < 4.78 is 1.17. The maximum Gasteiger partial charge on any atom is 0.335 e. The van der Waals surface area contributed by atoms with Crippen LogP contribution in [0.4, 0.5) is 5.69 Å². The standard InChI is InChI=1S/C14H9Br2NO4/c15-8-1-2-12(18)11(6-8)13(19)17-10-4-7(14(20)21)3-9(16)5-10/h1-6,18H,(H,17,19)(H,20,21). The molecule has 0 spiro atoms. The minimum atomic E-state index is -1.10. The molecule has 0 atom stereocenters. The first-order chi connectivity index (χ1) is 9.86. The van der Waals surface area contributed by atoms with Crippen LogP contribution in [0.15, 0.2) is 45.3 Å². The molecular formula is C14H9Br2NO4. The number of amides is 1. The lowest BCUT2D eigenvalue weighted by atomic mass is 10.1. The van der Waals surface area contributed by atoms with Crippen molar-refractivity contribution in [2.75, 3.05) is 5.32 Å². The lowest BCUT2D eigenvalue weighted by Gasteiger charge is -2.09. The van der Waals surface area contributed by atoms with Gasteiger partial charge in [-0.05, 0) is 36.4 Å². The number of aromatic carboxylic acids is 1. The van der Waals surface area contributed by atoms with E-state index in [2.05, 4.69) is 37.2 Å². The van der Waals surface area contributed by atoms with Crippen LogP contribution in [0, 0.1) is 0 Å². The number of nitrogens with one attached hydrogen (secondary N) is 1. The number of carboxylic acid groups (broad SMARTS) is 1. The van der Waals surface area contributed by atoms with Crippen molar-refractivity contribution in [1.82, 2.24) is 0 Å². The Labute approximate surface area is 136 Å². The third-order valence-corrected chi connectivity index (χ3v) is 3.56. The van der Waals surface area contributed by atoms with Gasteiger partial charge in [-0.15, -0.1) is 0 Å². The van der Waals surface area contributed by atoms with Crippen molar-refractivity contribution in [1.29, 1.82) is 0 Å². The maximum absolute atomic E-state index is 12.1. The number of anilines is 1. The lowest BCUT2D eigenvalue weighted by molar-refractivity contribution is 0.0696. The topological polar surface area (TPSA) is 86.6 Å². The molecule has 0 heterocycles. The van der Waals surface area contributed by atoms with Crippen molar-refractivity contribution in [3.05, 3.63) is 56.5 Å².